The van der Waals surface area contributed by atoms with Gasteiger partial charge in [0.2, 0.25) is 17.8 Å². The van der Waals surface area contributed by atoms with Crippen molar-refractivity contribution < 1.29 is 0 Å². The van der Waals surface area contributed by atoms with Crippen LogP contribution in [-0.2, 0) is 0 Å². The first-order valence-electron chi connectivity index (χ1n) is 5.72. The Labute approximate surface area is 116 Å². The second-order valence-corrected chi connectivity index (χ2v) is 4.50. The van der Waals surface area contributed by atoms with Crippen LogP contribution in [0.5, 0.6) is 0 Å². The number of halogens is 1. The number of hydrogen-bond donors (Lipinski definition) is 2. The van der Waals surface area contributed by atoms with E-state index in [1.165, 1.54) is 0 Å². The first kappa shape index (κ1) is 13.4. The second kappa shape index (κ2) is 5.71. The van der Waals surface area contributed by atoms with Gasteiger partial charge in [-0.25, -0.2) is 0 Å². The molecule has 100 valence electrons. The highest BCUT2D eigenvalue weighted by Crippen LogP contribution is 2.19. The predicted molar refractivity (Wildman–Crippen MR) is 78.4 cm³/mol. The lowest BCUT2D eigenvalue weighted by Gasteiger charge is -2.13. The molecule has 2 aromatic rings. The van der Waals surface area contributed by atoms with Crippen LogP contribution < -0.4 is 15.5 Å². The number of benzene rings is 1. The first-order valence-corrected chi connectivity index (χ1v) is 6.10. The van der Waals surface area contributed by atoms with Crippen molar-refractivity contribution in [3.8, 4) is 0 Å². The molecule has 7 heteroatoms. The van der Waals surface area contributed by atoms with Crippen LogP contribution in [0, 0.1) is 0 Å². The van der Waals surface area contributed by atoms with Gasteiger partial charge in [0.05, 0.1) is 0 Å². The fraction of sp³-hybridized carbons (Fsp3) is 0.250. The molecule has 0 aliphatic rings. The molecule has 0 aliphatic heterocycles. The van der Waals surface area contributed by atoms with E-state index >= 15 is 0 Å². The Bertz CT molecular complexity index is 572. The van der Waals surface area contributed by atoms with Gasteiger partial charge in [0.25, 0.3) is 0 Å². The van der Waals surface area contributed by atoms with Crippen molar-refractivity contribution in [1.29, 1.82) is 0 Å². The lowest BCUT2D eigenvalue weighted by Crippen LogP contribution is -2.15. The predicted octanol–water partition coefficient (Wildman–Crippen LogP) is 2.38. The molecule has 2 N–H and O–H groups in total. The number of nitrogens with zero attached hydrogens (tertiary/aromatic N) is 4. The minimum absolute atomic E-state index is 0.463. The molecular weight excluding hydrogens is 264 g/mol. The largest absolute Gasteiger partial charge is 0.357 e. The van der Waals surface area contributed by atoms with Gasteiger partial charge in [-0.3, -0.25) is 0 Å². The summed E-state index contributed by atoms with van der Waals surface area (Å²) >= 11 is 5.94. The lowest BCUT2D eigenvalue weighted by molar-refractivity contribution is 0.963. The molecule has 0 unspecified atom stereocenters. The van der Waals surface area contributed by atoms with E-state index in [-0.39, 0.29) is 0 Å². The zero-order valence-electron chi connectivity index (χ0n) is 11.0. The Hall–Kier alpha value is -2.08. The summed E-state index contributed by atoms with van der Waals surface area (Å²) in [7, 11) is 5.51. The molecule has 0 spiro atoms. The maximum Gasteiger partial charge on any atom is 0.233 e. The van der Waals surface area contributed by atoms with Crippen molar-refractivity contribution in [2.24, 2.45) is 0 Å². The van der Waals surface area contributed by atoms with E-state index in [4.69, 9.17) is 11.6 Å². The Kier molecular flexibility index (Phi) is 4.01. The Morgan fingerprint density at radius 3 is 2.47 bits per heavy atom. The van der Waals surface area contributed by atoms with Crippen LogP contribution in [0.3, 0.4) is 0 Å². The van der Waals surface area contributed by atoms with E-state index in [9.17, 15) is 0 Å². The molecule has 6 nitrogen and oxygen atoms in total. The molecule has 2 rings (SSSR count). The molecule has 1 aromatic heterocycles. The van der Waals surface area contributed by atoms with Crippen LogP contribution in [0.25, 0.3) is 0 Å². The zero-order chi connectivity index (χ0) is 13.8. The van der Waals surface area contributed by atoms with E-state index < -0.39 is 0 Å². The number of hydrogen-bond acceptors (Lipinski definition) is 6. The maximum absolute atomic E-state index is 5.94. The fourth-order valence-corrected chi connectivity index (χ4v) is 1.62. The van der Waals surface area contributed by atoms with Crippen LogP contribution in [0.15, 0.2) is 24.3 Å². The molecule has 0 radical (unpaired) electrons. The average molecular weight is 279 g/mol. The molecule has 1 heterocycles. The van der Waals surface area contributed by atoms with Crippen LogP contribution in [0.4, 0.5) is 23.5 Å². The van der Waals surface area contributed by atoms with Crippen molar-refractivity contribution in [1.82, 2.24) is 15.0 Å². The molecule has 19 heavy (non-hydrogen) atoms. The van der Waals surface area contributed by atoms with E-state index in [1.54, 1.807) is 13.1 Å². The SMILES string of the molecule is CNc1nc(Nc2cccc(Cl)c2)nc(N(C)C)n1. The van der Waals surface area contributed by atoms with Crippen molar-refractivity contribution in [3.63, 3.8) is 0 Å². The van der Waals surface area contributed by atoms with Gasteiger partial charge in [0, 0.05) is 31.9 Å². The molecule has 0 amide bonds. The number of aromatic nitrogens is 3. The molecule has 0 saturated heterocycles. The smallest absolute Gasteiger partial charge is 0.233 e. The zero-order valence-corrected chi connectivity index (χ0v) is 11.7. The van der Waals surface area contributed by atoms with Crippen molar-refractivity contribution in [2.45, 2.75) is 0 Å². The average Bonchev–Trinajstić information content (AvgIpc) is 2.38. The standard InChI is InChI=1S/C12H15ClN6/c1-14-10-16-11(18-12(17-10)19(2)3)15-9-6-4-5-8(13)7-9/h4-7H,1-3H3,(H2,14,15,16,17,18). The molecule has 0 bridgehead atoms. The molecule has 1 aromatic carbocycles. The normalized spacial score (nSPS) is 10.1. The maximum atomic E-state index is 5.94. The summed E-state index contributed by atoms with van der Waals surface area (Å²) in [6.45, 7) is 0. The number of rotatable bonds is 4. The summed E-state index contributed by atoms with van der Waals surface area (Å²) in [6.07, 6.45) is 0. The van der Waals surface area contributed by atoms with Gasteiger partial charge in [-0.1, -0.05) is 17.7 Å². The highest BCUT2D eigenvalue weighted by atomic mass is 35.5. The Balaban J connectivity index is 2.31. The topological polar surface area (TPSA) is 66.0 Å². The Morgan fingerprint density at radius 2 is 1.84 bits per heavy atom. The van der Waals surface area contributed by atoms with Crippen LogP contribution in [-0.4, -0.2) is 36.1 Å². The van der Waals surface area contributed by atoms with E-state index in [1.807, 2.05) is 37.2 Å². The van der Waals surface area contributed by atoms with Gasteiger partial charge in [0.15, 0.2) is 0 Å². The van der Waals surface area contributed by atoms with Gasteiger partial charge >= 0.3 is 0 Å². The van der Waals surface area contributed by atoms with E-state index in [0.29, 0.717) is 22.9 Å². The van der Waals surface area contributed by atoms with Crippen LogP contribution in [0.1, 0.15) is 0 Å². The van der Waals surface area contributed by atoms with E-state index in [0.717, 1.165) is 5.69 Å². The van der Waals surface area contributed by atoms with Gasteiger partial charge in [-0.15, -0.1) is 0 Å². The van der Waals surface area contributed by atoms with Crippen molar-refractivity contribution >= 4 is 35.1 Å². The molecule has 0 aliphatic carbocycles. The van der Waals surface area contributed by atoms with Crippen LogP contribution >= 0.6 is 11.6 Å². The minimum atomic E-state index is 0.463. The molecular formula is C12H15ClN6. The third-order valence-electron chi connectivity index (χ3n) is 2.33. The summed E-state index contributed by atoms with van der Waals surface area (Å²) in [5.74, 6) is 1.54. The van der Waals surface area contributed by atoms with Gasteiger partial charge in [0.1, 0.15) is 0 Å². The van der Waals surface area contributed by atoms with Gasteiger partial charge in [-0.2, -0.15) is 15.0 Å². The molecule has 0 atom stereocenters. The van der Waals surface area contributed by atoms with Gasteiger partial charge < -0.3 is 15.5 Å². The Morgan fingerprint density at radius 1 is 1.11 bits per heavy atom. The quantitative estimate of drug-likeness (QED) is 0.895. The third kappa shape index (κ3) is 3.45. The summed E-state index contributed by atoms with van der Waals surface area (Å²) in [5.41, 5.74) is 0.824. The van der Waals surface area contributed by atoms with Crippen molar-refractivity contribution in [3.05, 3.63) is 29.3 Å². The highest BCUT2D eigenvalue weighted by molar-refractivity contribution is 6.30. The molecule has 0 saturated carbocycles. The first-order chi connectivity index (χ1) is 9.08. The minimum Gasteiger partial charge on any atom is -0.357 e. The fourth-order valence-electron chi connectivity index (χ4n) is 1.43. The summed E-state index contributed by atoms with van der Waals surface area (Å²) in [5, 5.41) is 6.66. The van der Waals surface area contributed by atoms with Gasteiger partial charge in [-0.05, 0) is 18.2 Å². The molecule has 0 fully saturated rings. The van der Waals surface area contributed by atoms with E-state index in [2.05, 4.69) is 25.6 Å². The third-order valence-corrected chi connectivity index (χ3v) is 2.56. The number of nitrogens with one attached hydrogen (secondary N) is 2. The lowest BCUT2D eigenvalue weighted by atomic mass is 10.3. The van der Waals surface area contributed by atoms with Crippen LogP contribution in [0.2, 0.25) is 5.02 Å². The highest BCUT2D eigenvalue weighted by Gasteiger charge is 2.07. The monoisotopic (exact) mass is 278 g/mol. The van der Waals surface area contributed by atoms with Crippen molar-refractivity contribution in [2.75, 3.05) is 36.7 Å². The summed E-state index contributed by atoms with van der Waals surface area (Å²) in [6, 6.07) is 7.37. The second-order valence-electron chi connectivity index (χ2n) is 4.06. The number of anilines is 4. The summed E-state index contributed by atoms with van der Waals surface area (Å²) < 4.78 is 0. The summed E-state index contributed by atoms with van der Waals surface area (Å²) in [4.78, 5) is 14.6.